The van der Waals surface area contributed by atoms with Crippen molar-refractivity contribution in [2.24, 2.45) is 0 Å². The number of hydrogen-bond donors (Lipinski definition) is 1. The van der Waals surface area contributed by atoms with E-state index in [9.17, 15) is 4.79 Å². The quantitative estimate of drug-likeness (QED) is 0.794. The molecule has 0 aliphatic heterocycles. The maximum Gasteiger partial charge on any atom is 0.356 e. The molecule has 0 saturated carbocycles. The highest BCUT2D eigenvalue weighted by Crippen LogP contribution is 2.13. The topological polar surface area (TPSA) is 64.4 Å². The average Bonchev–Trinajstić information content (AvgIpc) is 2.63. The van der Waals surface area contributed by atoms with Gasteiger partial charge in [-0.15, -0.1) is 0 Å². The first kappa shape index (κ1) is 13.9. The molecule has 0 amide bonds. The van der Waals surface area contributed by atoms with Crippen LogP contribution in [0.3, 0.4) is 0 Å². The predicted molar refractivity (Wildman–Crippen MR) is 68.0 cm³/mol. The van der Waals surface area contributed by atoms with Gasteiger partial charge in [0.05, 0.1) is 6.33 Å². The van der Waals surface area contributed by atoms with E-state index < -0.39 is 14.0 Å². The first-order chi connectivity index (χ1) is 7.79. The van der Waals surface area contributed by atoms with Crippen molar-refractivity contribution in [3.8, 4) is 0 Å². The fourth-order valence-electron chi connectivity index (χ4n) is 1.27. The Labute approximate surface area is 102 Å². The molecule has 0 aromatic carbocycles. The Balaban J connectivity index is 2.46. The lowest BCUT2D eigenvalue weighted by Gasteiger charge is -2.19. The molecule has 1 rings (SSSR count). The minimum absolute atomic E-state index is 0.0469. The van der Waals surface area contributed by atoms with Crippen molar-refractivity contribution >= 4 is 14.0 Å². The molecule has 0 spiro atoms. The number of imidazole rings is 1. The number of hydrogen-bond acceptors (Lipinski definition) is 3. The van der Waals surface area contributed by atoms with Crippen LogP contribution in [0.25, 0.3) is 0 Å². The number of carboxylic acids is 1. The molecule has 0 radical (unpaired) electrons. The number of carboxylic acid groups (broad SMARTS) is 1. The number of aromatic nitrogens is 2. The Kier molecular flexibility index (Phi) is 4.47. The van der Waals surface area contributed by atoms with Crippen molar-refractivity contribution in [2.75, 3.05) is 6.61 Å². The summed E-state index contributed by atoms with van der Waals surface area (Å²) in [5, 5.41) is 8.75. The van der Waals surface area contributed by atoms with Crippen LogP contribution in [0.15, 0.2) is 12.5 Å². The molecule has 1 aromatic heterocycles. The zero-order valence-corrected chi connectivity index (χ0v) is 11.8. The van der Waals surface area contributed by atoms with Gasteiger partial charge < -0.3 is 14.4 Å². The van der Waals surface area contributed by atoms with Gasteiger partial charge >= 0.3 is 5.97 Å². The molecule has 1 atom stereocenters. The monoisotopic (exact) mass is 256 g/mol. The summed E-state index contributed by atoms with van der Waals surface area (Å²) in [6.07, 6.45) is 2.80. The lowest BCUT2D eigenvalue weighted by atomic mass is 10.5. The second kappa shape index (κ2) is 5.46. The maximum absolute atomic E-state index is 10.7. The Bertz CT molecular complexity index is 384. The highest BCUT2D eigenvalue weighted by molar-refractivity contribution is 6.76. The lowest BCUT2D eigenvalue weighted by molar-refractivity contribution is 0.0242. The Morgan fingerprint density at radius 3 is 2.71 bits per heavy atom. The van der Waals surface area contributed by atoms with Gasteiger partial charge in [0.15, 0.2) is 5.69 Å². The first-order valence-corrected chi connectivity index (χ1v) is 9.39. The van der Waals surface area contributed by atoms with Gasteiger partial charge in [-0.05, 0) is 13.0 Å². The molecule has 0 aliphatic carbocycles. The van der Waals surface area contributed by atoms with Crippen molar-refractivity contribution in [1.29, 1.82) is 0 Å². The highest BCUT2D eigenvalue weighted by Gasteiger charge is 2.14. The molecular formula is C11H20N2O3Si. The summed E-state index contributed by atoms with van der Waals surface area (Å²) in [5.41, 5.74) is 0.0469. The van der Waals surface area contributed by atoms with Crippen LogP contribution in [0.4, 0.5) is 0 Å². The van der Waals surface area contributed by atoms with Gasteiger partial charge in [0.2, 0.25) is 0 Å². The zero-order chi connectivity index (χ0) is 13.1. The van der Waals surface area contributed by atoms with E-state index in [0.717, 1.165) is 6.04 Å². The summed E-state index contributed by atoms with van der Waals surface area (Å²) in [4.78, 5) is 14.5. The third-order valence-corrected chi connectivity index (χ3v) is 4.16. The van der Waals surface area contributed by atoms with E-state index in [1.807, 2.05) is 6.92 Å². The minimum atomic E-state index is -1.08. The molecular weight excluding hydrogens is 236 g/mol. The van der Waals surface area contributed by atoms with Crippen LogP contribution in [0, 0.1) is 0 Å². The average molecular weight is 256 g/mol. The molecule has 0 saturated heterocycles. The first-order valence-electron chi connectivity index (χ1n) is 5.68. The third kappa shape index (κ3) is 4.70. The Morgan fingerprint density at radius 2 is 2.24 bits per heavy atom. The molecule has 0 aliphatic rings. The van der Waals surface area contributed by atoms with Gasteiger partial charge in [-0.3, -0.25) is 0 Å². The number of rotatable bonds is 6. The van der Waals surface area contributed by atoms with Crippen molar-refractivity contribution in [3.05, 3.63) is 18.2 Å². The molecule has 1 aromatic rings. The molecule has 1 unspecified atom stereocenters. The normalized spacial score (nSPS) is 13.6. The van der Waals surface area contributed by atoms with Gasteiger partial charge in [0.1, 0.15) is 6.23 Å². The van der Waals surface area contributed by atoms with E-state index in [-0.39, 0.29) is 11.9 Å². The van der Waals surface area contributed by atoms with Crippen molar-refractivity contribution in [1.82, 2.24) is 9.55 Å². The van der Waals surface area contributed by atoms with Gasteiger partial charge in [-0.25, -0.2) is 9.78 Å². The van der Waals surface area contributed by atoms with E-state index in [0.29, 0.717) is 6.61 Å². The van der Waals surface area contributed by atoms with Crippen LogP contribution >= 0.6 is 0 Å². The smallest absolute Gasteiger partial charge is 0.356 e. The van der Waals surface area contributed by atoms with E-state index in [4.69, 9.17) is 9.84 Å². The van der Waals surface area contributed by atoms with Crippen molar-refractivity contribution in [2.45, 2.75) is 38.8 Å². The summed E-state index contributed by atoms with van der Waals surface area (Å²) in [6, 6.07) is 1.10. The molecule has 96 valence electrons. The minimum Gasteiger partial charge on any atom is -0.476 e. The predicted octanol–water partition coefficient (Wildman–Crippen LogP) is 2.45. The fourth-order valence-corrected chi connectivity index (χ4v) is 2.00. The zero-order valence-electron chi connectivity index (χ0n) is 10.8. The van der Waals surface area contributed by atoms with Gasteiger partial charge in [0.25, 0.3) is 0 Å². The SMILES string of the molecule is CC(OCC[Si](C)(C)C)n1cnc(C(=O)O)c1. The summed E-state index contributed by atoms with van der Waals surface area (Å²) in [7, 11) is -1.08. The number of aromatic carboxylic acids is 1. The second-order valence-electron chi connectivity index (χ2n) is 5.29. The highest BCUT2D eigenvalue weighted by atomic mass is 28.3. The number of nitrogens with zero attached hydrogens (tertiary/aromatic N) is 2. The van der Waals surface area contributed by atoms with Gasteiger partial charge in [-0.1, -0.05) is 19.6 Å². The van der Waals surface area contributed by atoms with E-state index in [1.165, 1.54) is 12.5 Å². The summed E-state index contributed by atoms with van der Waals surface area (Å²) >= 11 is 0. The second-order valence-corrected chi connectivity index (χ2v) is 10.9. The summed E-state index contributed by atoms with van der Waals surface area (Å²) < 4.78 is 7.34. The maximum atomic E-state index is 10.7. The van der Waals surface area contributed by atoms with Crippen LogP contribution < -0.4 is 0 Å². The molecule has 5 nitrogen and oxygen atoms in total. The van der Waals surface area contributed by atoms with E-state index in [1.54, 1.807) is 4.57 Å². The molecule has 0 bridgehead atoms. The van der Waals surface area contributed by atoms with Crippen molar-refractivity contribution < 1.29 is 14.6 Å². The van der Waals surface area contributed by atoms with Crippen LogP contribution in [0.1, 0.15) is 23.6 Å². The molecule has 1 heterocycles. The van der Waals surface area contributed by atoms with Crippen LogP contribution in [0.2, 0.25) is 25.7 Å². The Morgan fingerprint density at radius 1 is 1.59 bits per heavy atom. The summed E-state index contributed by atoms with van der Waals surface area (Å²) in [5.74, 6) is -1.02. The van der Waals surface area contributed by atoms with Gasteiger partial charge in [0, 0.05) is 20.9 Å². The van der Waals surface area contributed by atoms with Crippen LogP contribution in [-0.4, -0.2) is 35.3 Å². The Hall–Kier alpha value is -1.14. The molecule has 17 heavy (non-hydrogen) atoms. The molecule has 0 fully saturated rings. The van der Waals surface area contributed by atoms with E-state index >= 15 is 0 Å². The van der Waals surface area contributed by atoms with Gasteiger partial charge in [-0.2, -0.15) is 0 Å². The van der Waals surface area contributed by atoms with Crippen LogP contribution in [0.5, 0.6) is 0 Å². The van der Waals surface area contributed by atoms with Crippen LogP contribution in [-0.2, 0) is 4.74 Å². The number of carbonyl (C=O) groups is 1. The number of ether oxygens (including phenoxy) is 1. The summed E-state index contributed by atoms with van der Waals surface area (Å²) in [6.45, 7) is 9.47. The third-order valence-electron chi connectivity index (χ3n) is 2.45. The lowest BCUT2D eigenvalue weighted by Crippen LogP contribution is -2.22. The molecule has 1 N–H and O–H groups in total. The standard InChI is InChI=1S/C11H20N2O3Si/c1-9(16-5-6-17(2,3)4)13-7-10(11(14)15)12-8-13/h7-9H,5-6H2,1-4H3,(H,14,15). The largest absolute Gasteiger partial charge is 0.476 e. The van der Waals surface area contributed by atoms with E-state index in [2.05, 4.69) is 24.6 Å². The molecule has 6 heteroatoms. The van der Waals surface area contributed by atoms with Crippen molar-refractivity contribution in [3.63, 3.8) is 0 Å². The fraction of sp³-hybridized carbons (Fsp3) is 0.636.